The van der Waals surface area contributed by atoms with Crippen molar-refractivity contribution in [3.05, 3.63) is 58.8 Å². The molecule has 6 nitrogen and oxygen atoms in total. The Kier molecular flexibility index (Phi) is 3.24. The highest BCUT2D eigenvalue weighted by molar-refractivity contribution is 7.23. The maximum Gasteiger partial charge on any atom is 0.270 e. The summed E-state index contributed by atoms with van der Waals surface area (Å²) in [4.78, 5) is 18.1. The number of rotatable bonds is 3. The molecule has 0 bridgehead atoms. The molecule has 24 heavy (non-hydrogen) atoms. The Hall–Kier alpha value is -2.93. The predicted molar refractivity (Wildman–Crippen MR) is 97.0 cm³/mol. The van der Waals surface area contributed by atoms with Crippen molar-refractivity contribution in [1.82, 2.24) is 9.38 Å². The van der Waals surface area contributed by atoms with E-state index in [1.807, 2.05) is 24.7 Å². The van der Waals surface area contributed by atoms with Crippen molar-refractivity contribution >= 4 is 37.9 Å². The fourth-order valence-corrected chi connectivity index (χ4v) is 3.71. The molecule has 2 aromatic heterocycles. The number of hydrogen-bond acceptors (Lipinski definition) is 5. The van der Waals surface area contributed by atoms with Gasteiger partial charge in [0.15, 0.2) is 4.96 Å². The summed E-state index contributed by atoms with van der Waals surface area (Å²) in [6.07, 6.45) is 1.98. The van der Waals surface area contributed by atoms with Crippen molar-refractivity contribution in [3.8, 4) is 11.3 Å². The maximum atomic E-state index is 10.9. The fourth-order valence-electron chi connectivity index (χ4n) is 2.67. The molecule has 0 radical (unpaired) electrons. The summed E-state index contributed by atoms with van der Waals surface area (Å²) >= 11 is 1.46. The second-order valence-corrected chi connectivity index (χ2v) is 6.74. The van der Waals surface area contributed by atoms with Crippen LogP contribution in [0, 0.1) is 10.1 Å². The predicted octanol–water partition coefficient (Wildman–Crippen LogP) is 4.19. The van der Waals surface area contributed by atoms with Crippen LogP contribution in [0.2, 0.25) is 0 Å². The molecule has 7 heteroatoms. The molecule has 120 valence electrons. The van der Waals surface area contributed by atoms with Gasteiger partial charge in [0.1, 0.15) is 0 Å². The smallest absolute Gasteiger partial charge is 0.270 e. The summed E-state index contributed by atoms with van der Waals surface area (Å²) in [5.74, 6) is 0. The molecule has 0 spiro atoms. The summed E-state index contributed by atoms with van der Waals surface area (Å²) in [6.45, 7) is 0. The molecule has 0 aliphatic rings. The Morgan fingerprint density at radius 3 is 2.58 bits per heavy atom. The zero-order valence-electron chi connectivity index (χ0n) is 13.1. The van der Waals surface area contributed by atoms with Gasteiger partial charge in [0, 0.05) is 43.7 Å². The van der Waals surface area contributed by atoms with Gasteiger partial charge in [-0.05, 0) is 18.2 Å². The van der Waals surface area contributed by atoms with E-state index in [4.69, 9.17) is 0 Å². The van der Waals surface area contributed by atoms with Crippen molar-refractivity contribution < 1.29 is 4.92 Å². The zero-order chi connectivity index (χ0) is 16.8. The van der Waals surface area contributed by atoms with E-state index in [1.165, 1.54) is 17.4 Å². The number of nitrogens with zero attached hydrogens (tertiary/aromatic N) is 4. The molecule has 0 unspecified atom stereocenters. The molecular formula is C17H14N4O2S. The quantitative estimate of drug-likeness (QED) is 0.415. The molecule has 0 saturated carbocycles. The lowest BCUT2D eigenvalue weighted by atomic mass is 10.1. The number of nitro groups is 1. The van der Waals surface area contributed by atoms with E-state index in [9.17, 15) is 10.1 Å². The van der Waals surface area contributed by atoms with E-state index in [-0.39, 0.29) is 10.6 Å². The van der Waals surface area contributed by atoms with Crippen molar-refractivity contribution in [2.75, 3.05) is 19.0 Å². The molecule has 0 aliphatic heterocycles. The van der Waals surface area contributed by atoms with Gasteiger partial charge in [-0.25, -0.2) is 4.98 Å². The molecule has 0 aliphatic carbocycles. The maximum absolute atomic E-state index is 10.9. The summed E-state index contributed by atoms with van der Waals surface area (Å²) in [5, 5.41) is 10.9. The van der Waals surface area contributed by atoms with Crippen LogP contribution in [0.3, 0.4) is 0 Å². The van der Waals surface area contributed by atoms with Crippen molar-refractivity contribution in [2.24, 2.45) is 0 Å². The molecule has 0 amide bonds. The number of hydrogen-bond donors (Lipinski definition) is 0. The van der Waals surface area contributed by atoms with Gasteiger partial charge in [-0.1, -0.05) is 23.5 Å². The highest BCUT2D eigenvalue weighted by Gasteiger charge is 2.13. The van der Waals surface area contributed by atoms with Crippen LogP contribution in [0.5, 0.6) is 0 Å². The van der Waals surface area contributed by atoms with Crippen molar-refractivity contribution in [2.45, 2.75) is 0 Å². The Morgan fingerprint density at radius 2 is 1.92 bits per heavy atom. The highest BCUT2D eigenvalue weighted by atomic mass is 32.1. The highest BCUT2D eigenvalue weighted by Crippen LogP contribution is 2.32. The first-order valence-corrected chi connectivity index (χ1v) is 8.18. The molecule has 4 aromatic rings. The third kappa shape index (κ3) is 2.30. The standard InChI is InChI=1S/C17H14N4O2S/c1-19(2)12-5-3-11(4-6-12)14-10-20-15-8-7-13(21(22)23)9-16(15)24-17(20)18-14/h3-10H,1-2H3. The number of benzene rings is 2. The molecule has 0 fully saturated rings. The Balaban J connectivity index is 1.79. The number of fused-ring (bicyclic) bond motifs is 3. The average molecular weight is 338 g/mol. The first-order valence-electron chi connectivity index (χ1n) is 7.37. The van der Waals surface area contributed by atoms with Gasteiger partial charge in [0.25, 0.3) is 5.69 Å². The average Bonchev–Trinajstić information content (AvgIpc) is 3.11. The number of nitro benzene ring substituents is 1. The molecule has 0 atom stereocenters. The second-order valence-electron chi connectivity index (χ2n) is 5.73. The fraction of sp³-hybridized carbons (Fsp3) is 0.118. The van der Waals surface area contributed by atoms with Crippen LogP contribution in [0.15, 0.2) is 48.7 Å². The Labute approximate surface area is 141 Å². The van der Waals surface area contributed by atoms with Gasteiger partial charge < -0.3 is 4.90 Å². The molecule has 2 aromatic carbocycles. The minimum Gasteiger partial charge on any atom is -0.378 e. The van der Waals surface area contributed by atoms with E-state index in [2.05, 4.69) is 34.1 Å². The topological polar surface area (TPSA) is 63.7 Å². The van der Waals surface area contributed by atoms with E-state index < -0.39 is 0 Å². The normalized spacial score (nSPS) is 11.2. The molecule has 4 rings (SSSR count). The molecule has 2 heterocycles. The van der Waals surface area contributed by atoms with Gasteiger partial charge in [-0.15, -0.1) is 0 Å². The number of thiazole rings is 1. The van der Waals surface area contributed by atoms with Crippen LogP contribution in [0.1, 0.15) is 0 Å². The van der Waals surface area contributed by atoms with E-state index in [0.29, 0.717) is 0 Å². The van der Waals surface area contributed by atoms with Crippen LogP contribution in [-0.4, -0.2) is 28.4 Å². The molecular weight excluding hydrogens is 324 g/mol. The Bertz CT molecular complexity index is 1060. The summed E-state index contributed by atoms with van der Waals surface area (Å²) in [7, 11) is 4.01. The van der Waals surface area contributed by atoms with Gasteiger partial charge in [0.05, 0.1) is 20.8 Å². The van der Waals surface area contributed by atoms with Gasteiger partial charge >= 0.3 is 0 Å². The zero-order valence-corrected chi connectivity index (χ0v) is 13.9. The third-order valence-electron chi connectivity index (χ3n) is 3.97. The van der Waals surface area contributed by atoms with E-state index >= 15 is 0 Å². The number of imidazole rings is 1. The summed E-state index contributed by atoms with van der Waals surface area (Å²) in [5.41, 5.74) is 4.12. The number of aromatic nitrogens is 2. The van der Waals surface area contributed by atoms with Crippen LogP contribution < -0.4 is 4.90 Å². The van der Waals surface area contributed by atoms with E-state index in [0.717, 1.165) is 32.1 Å². The minimum atomic E-state index is -0.375. The molecule has 0 saturated heterocycles. The minimum absolute atomic E-state index is 0.103. The lowest BCUT2D eigenvalue weighted by molar-refractivity contribution is -0.384. The lowest BCUT2D eigenvalue weighted by Crippen LogP contribution is -2.07. The van der Waals surface area contributed by atoms with Crippen molar-refractivity contribution in [3.63, 3.8) is 0 Å². The number of non-ortho nitro benzene ring substituents is 1. The summed E-state index contributed by atoms with van der Waals surface area (Å²) < 4.78 is 2.85. The van der Waals surface area contributed by atoms with Gasteiger partial charge in [-0.3, -0.25) is 14.5 Å². The molecule has 0 N–H and O–H groups in total. The lowest BCUT2D eigenvalue weighted by Gasteiger charge is -2.12. The summed E-state index contributed by atoms with van der Waals surface area (Å²) in [6, 6.07) is 13.1. The van der Waals surface area contributed by atoms with Crippen LogP contribution >= 0.6 is 11.3 Å². The van der Waals surface area contributed by atoms with Crippen LogP contribution in [0.25, 0.3) is 26.4 Å². The van der Waals surface area contributed by atoms with Crippen LogP contribution in [0.4, 0.5) is 11.4 Å². The number of anilines is 1. The van der Waals surface area contributed by atoms with Gasteiger partial charge in [-0.2, -0.15) is 0 Å². The monoisotopic (exact) mass is 338 g/mol. The third-order valence-corrected chi connectivity index (χ3v) is 4.99. The largest absolute Gasteiger partial charge is 0.378 e. The Morgan fingerprint density at radius 1 is 1.17 bits per heavy atom. The first kappa shape index (κ1) is 14.6. The first-order chi connectivity index (χ1) is 11.5. The second kappa shape index (κ2) is 5.31. The van der Waals surface area contributed by atoms with Crippen molar-refractivity contribution in [1.29, 1.82) is 0 Å². The van der Waals surface area contributed by atoms with Crippen LogP contribution in [-0.2, 0) is 0 Å². The van der Waals surface area contributed by atoms with Gasteiger partial charge in [0.2, 0.25) is 0 Å². The van der Waals surface area contributed by atoms with E-state index in [1.54, 1.807) is 12.1 Å². The SMILES string of the molecule is CN(C)c1ccc(-c2cn3c(n2)sc2cc([N+](=O)[O-])ccc23)cc1.